The van der Waals surface area contributed by atoms with Crippen LogP contribution in [-0.4, -0.2) is 22.0 Å². The van der Waals surface area contributed by atoms with E-state index >= 15 is 0 Å². The average molecular weight is 242 g/mol. The van der Waals surface area contributed by atoms with Crippen LogP contribution in [0, 0.1) is 15.9 Å². The van der Waals surface area contributed by atoms with Crippen LogP contribution >= 0.6 is 0 Å². The van der Waals surface area contributed by atoms with Gasteiger partial charge in [0.2, 0.25) is 0 Å². The van der Waals surface area contributed by atoms with Crippen molar-refractivity contribution in [1.29, 1.82) is 0 Å². The Kier molecular flexibility index (Phi) is 4.11. The summed E-state index contributed by atoms with van der Waals surface area (Å²) in [6.07, 6.45) is 0. The monoisotopic (exact) mass is 242 g/mol. The Labute approximate surface area is 96.2 Å². The fourth-order valence-corrected chi connectivity index (χ4v) is 1.20. The van der Waals surface area contributed by atoms with Crippen molar-refractivity contribution in [2.75, 3.05) is 0 Å². The van der Waals surface area contributed by atoms with Crippen molar-refractivity contribution < 1.29 is 19.2 Å². The van der Waals surface area contributed by atoms with Crippen molar-refractivity contribution in [3.63, 3.8) is 0 Å². The maximum absolute atomic E-state index is 13.0. The van der Waals surface area contributed by atoms with Crippen molar-refractivity contribution in [3.8, 4) is 0 Å². The summed E-state index contributed by atoms with van der Waals surface area (Å²) in [5.74, 6) is -1.77. The molecule has 0 fully saturated rings. The van der Waals surface area contributed by atoms with Crippen LogP contribution in [0.25, 0.3) is 0 Å². The minimum absolute atomic E-state index is 0.0477. The van der Waals surface area contributed by atoms with Crippen LogP contribution in [0.2, 0.25) is 0 Å². The summed E-state index contributed by atoms with van der Waals surface area (Å²) >= 11 is 0. The first-order valence-electron chi connectivity index (χ1n) is 4.80. The molecule has 2 N–H and O–H groups in total. The lowest BCUT2D eigenvalue weighted by Crippen LogP contribution is -2.33. The number of nitrogens with zero attached hydrogens (tertiary/aromatic N) is 1. The molecule has 1 unspecified atom stereocenters. The number of hydrogen-bond donors (Lipinski definition) is 2. The van der Waals surface area contributed by atoms with Crippen molar-refractivity contribution in [1.82, 2.24) is 5.32 Å². The quantitative estimate of drug-likeness (QED) is 0.599. The summed E-state index contributed by atoms with van der Waals surface area (Å²) in [4.78, 5) is 20.3. The van der Waals surface area contributed by atoms with E-state index < -0.39 is 22.8 Å². The van der Waals surface area contributed by atoms with Gasteiger partial charge in [-0.25, -0.2) is 4.39 Å². The van der Waals surface area contributed by atoms with Crippen LogP contribution in [0.5, 0.6) is 0 Å². The number of non-ortho nitro benzene ring substituents is 1. The van der Waals surface area contributed by atoms with E-state index in [9.17, 15) is 19.3 Å². The summed E-state index contributed by atoms with van der Waals surface area (Å²) in [6, 6.07) is 2.32. The lowest BCUT2D eigenvalue weighted by Gasteiger charge is -2.08. The third-order valence-corrected chi connectivity index (χ3v) is 2.14. The fraction of sp³-hybridized carbons (Fsp3) is 0.300. The molecule has 17 heavy (non-hydrogen) atoms. The Morgan fingerprint density at radius 3 is 2.76 bits per heavy atom. The van der Waals surface area contributed by atoms with Gasteiger partial charge in [0.25, 0.3) is 5.69 Å². The second-order valence-corrected chi connectivity index (χ2v) is 3.52. The van der Waals surface area contributed by atoms with Gasteiger partial charge in [-0.2, -0.15) is 0 Å². The number of nitro benzene ring substituents is 1. The van der Waals surface area contributed by atoms with Gasteiger partial charge in [-0.3, -0.25) is 14.9 Å². The molecule has 1 aromatic rings. The molecule has 1 aromatic carbocycles. The molecule has 0 aromatic heterocycles. The molecule has 0 aliphatic heterocycles. The van der Waals surface area contributed by atoms with Crippen molar-refractivity contribution in [2.24, 2.45) is 0 Å². The molecule has 0 saturated carbocycles. The first-order chi connectivity index (χ1) is 7.90. The van der Waals surface area contributed by atoms with Gasteiger partial charge in [0.05, 0.1) is 11.0 Å². The Morgan fingerprint density at radius 1 is 1.59 bits per heavy atom. The van der Waals surface area contributed by atoms with Crippen LogP contribution in [0.4, 0.5) is 10.1 Å². The number of nitrogens with one attached hydrogen (secondary N) is 1. The van der Waals surface area contributed by atoms with Gasteiger partial charge < -0.3 is 10.4 Å². The molecule has 6 nitrogen and oxygen atoms in total. The van der Waals surface area contributed by atoms with E-state index in [2.05, 4.69) is 5.32 Å². The predicted octanol–water partition coefficient (Wildman–Crippen LogP) is 1.30. The number of rotatable bonds is 5. The highest BCUT2D eigenvalue weighted by Gasteiger charge is 2.12. The zero-order valence-corrected chi connectivity index (χ0v) is 9.01. The average Bonchev–Trinajstić information content (AvgIpc) is 2.24. The molecule has 1 rings (SSSR count). The van der Waals surface area contributed by atoms with Gasteiger partial charge in [0.1, 0.15) is 11.9 Å². The highest BCUT2D eigenvalue weighted by Crippen LogP contribution is 2.16. The topological polar surface area (TPSA) is 92.5 Å². The molecule has 1 atom stereocenters. The maximum atomic E-state index is 13.0. The highest BCUT2D eigenvalue weighted by molar-refractivity contribution is 5.72. The van der Waals surface area contributed by atoms with Crippen molar-refractivity contribution in [3.05, 3.63) is 39.7 Å². The van der Waals surface area contributed by atoms with Crippen LogP contribution in [-0.2, 0) is 11.3 Å². The lowest BCUT2D eigenvalue weighted by atomic mass is 10.2. The largest absolute Gasteiger partial charge is 0.480 e. The number of carboxylic acid groups (broad SMARTS) is 1. The number of benzene rings is 1. The van der Waals surface area contributed by atoms with Crippen molar-refractivity contribution in [2.45, 2.75) is 19.5 Å². The standard InChI is InChI=1S/C10H11FN2O4/c1-6(10(14)15)12-5-7-2-8(11)4-9(3-7)13(16)17/h2-4,6,12H,5H2,1H3,(H,14,15). The maximum Gasteiger partial charge on any atom is 0.320 e. The molecule has 7 heteroatoms. The molecule has 0 spiro atoms. The molecular weight excluding hydrogens is 231 g/mol. The Balaban J connectivity index is 2.78. The van der Waals surface area contributed by atoms with E-state index in [4.69, 9.17) is 5.11 Å². The molecule has 0 heterocycles. The van der Waals surface area contributed by atoms with Gasteiger partial charge in [0, 0.05) is 12.6 Å². The Hall–Kier alpha value is -2.02. The van der Waals surface area contributed by atoms with Gasteiger partial charge in [-0.05, 0) is 18.6 Å². The lowest BCUT2D eigenvalue weighted by molar-refractivity contribution is -0.385. The minimum Gasteiger partial charge on any atom is -0.480 e. The molecule has 0 aliphatic rings. The second-order valence-electron chi connectivity index (χ2n) is 3.52. The van der Waals surface area contributed by atoms with E-state index in [-0.39, 0.29) is 12.2 Å². The van der Waals surface area contributed by atoms with Gasteiger partial charge in [0.15, 0.2) is 0 Å². The van der Waals surface area contributed by atoms with Gasteiger partial charge in [-0.1, -0.05) is 0 Å². The Morgan fingerprint density at radius 2 is 2.24 bits per heavy atom. The summed E-state index contributed by atoms with van der Waals surface area (Å²) in [6.45, 7) is 1.47. The Bertz CT molecular complexity index is 450. The summed E-state index contributed by atoms with van der Waals surface area (Å²) in [5, 5.41) is 21.7. The first kappa shape index (κ1) is 13.0. The molecular formula is C10H11FN2O4. The smallest absolute Gasteiger partial charge is 0.320 e. The molecule has 0 bridgehead atoms. The molecule has 92 valence electrons. The number of aliphatic carboxylic acids is 1. The van der Waals surface area contributed by atoms with Crippen LogP contribution < -0.4 is 5.32 Å². The second kappa shape index (κ2) is 5.35. The predicted molar refractivity (Wildman–Crippen MR) is 57.0 cm³/mol. The minimum atomic E-state index is -1.05. The van der Waals surface area contributed by atoms with Crippen LogP contribution in [0.1, 0.15) is 12.5 Å². The number of hydrogen-bond acceptors (Lipinski definition) is 4. The zero-order chi connectivity index (χ0) is 13.0. The molecule has 0 aliphatic carbocycles. The number of carbonyl (C=O) groups is 1. The molecule has 0 radical (unpaired) electrons. The summed E-state index contributed by atoms with van der Waals surface area (Å²) in [7, 11) is 0. The van der Waals surface area contributed by atoms with Crippen molar-refractivity contribution >= 4 is 11.7 Å². The van der Waals surface area contributed by atoms with Gasteiger partial charge in [-0.15, -0.1) is 0 Å². The van der Waals surface area contributed by atoms with Gasteiger partial charge >= 0.3 is 5.97 Å². The zero-order valence-electron chi connectivity index (χ0n) is 9.01. The number of nitro groups is 1. The fourth-order valence-electron chi connectivity index (χ4n) is 1.20. The summed E-state index contributed by atoms with van der Waals surface area (Å²) < 4.78 is 13.0. The van der Waals surface area contributed by atoms with E-state index in [1.807, 2.05) is 0 Å². The number of halogens is 1. The SMILES string of the molecule is CC(NCc1cc(F)cc([N+](=O)[O-])c1)C(=O)O. The van der Waals surface area contributed by atoms with E-state index in [1.54, 1.807) is 0 Å². The highest BCUT2D eigenvalue weighted by atomic mass is 19.1. The summed E-state index contributed by atoms with van der Waals surface area (Å²) in [5.41, 5.74) is -0.0328. The normalized spacial score (nSPS) is 12.1. The van der Waals surface area contributed by atoms with E-state index in [0.717, 1.165) is 12.1 Å². The van der Waals surface area contributed by atoms with E-state index in [0.29, 0.717) is 5.56 Å². The first-order valence-corrected chi connectivity index (χ1v) is 4.80. The number of carboxylic acids is 1. The third kappa shape index (κ3) is 3.80. The van der Waals surface area contributed by atoms with Crippen LogP contribution in [0.15, 0.2) is 18.2 Å². The molecule has 0 saturated heterocycles. The molecule has 0 amide bonds. The van der Waals surface area contributed by atoms with E-state index in [1.165, 1.54) is 13.0 Å². The van der Waals surface area contributed by atoms with Crippen LogP contribution in [0.3, 0.4) is 0 Å². The third-order valence-electron chi connectivity index (χ3n) is 2.14.